The van der Waals surface area contributed by atoms with Gasteiger partial charge >= 0.3 is 12.1 Å². The van der Waals surface area contributed by atoms with Crippen molar-refractivity contribution in [1.29, 1.82) is 0 Å². The number of rotatable bonds is 6. The molecule has 1 fully saturated rings. The van der Waals surface area contributed by atoms with Crippen LogP contribution in [0.25, 0.3) is 0 Å². The van der Waals surface area contributed by atoms with Crippen molar-refractivity contribution < 1.29 is 19.4 Å². The summed E-state index contributed by atoms with van der Waals surface area (Å²) in [6.07, 6.45) is 2.82. The van der Waals surface area contributed by atoms with Crippen molar-refractivity contribution >= 4 is 20.1 Å². The second kappa shape index (κ2) is 7.66. The van der Waals surface area contributed by atoms with Crippen molar-refractivity contribution in [3.63, 3.8) is 0 Å². The van der Waals surface area contributed by atoms with Crippen LogP contribution < -0.4 is 5.32 Å². The minimum absolute atomic E-state index is 0.199. The van der Waals surface area contributed by atoms with Crippen LogP contribution in [0.15, 0.2) is 0 Å². The van der Waals surface area contributed by atoms with Gasteiger partial charge in [-0.3, -0.25) is 4.79 Å². The number of aliphatic carboxylic acids is 1. The van der Waals surface area contributed by atoms with Crippen molar-refractivity contribution in [2.75, 3.05) is 13.2 Å². The molecule has 0 saturated heterocycles. The number of hydrogen-bond acceptors (Lipinski definition) is 3. The molecule has 0 aromatic carbocycles. The average molecular weight is 301 g/mol. The Labute approximate surface area is 122 Å². The maximum Gasteiger partial charge on any atom is 0.407 e. The summed E-state index contributed by atoms with van der Waals surface area (Å²) in [6.45, 7) is 7.82. The van der Waals surface area contributed by atoms with Gasteiger partial charge in [-0.1, -0.05) is 19.6 Å². The van der Waals surface area contributed by atoms with Gasteiger partial charge in [-0.25, -0.2) is 4.79 Å². The Hall–Kier alpha value is -1.04. The van der Waals surface area contributed by atoms with Gasteiger partial charge in [0.2, 0.25) is 0 Å². The third-order valence-electron chi connectivity index (χ3n) is 3.82. The quantitative estimate of drug-likeness (QED) is 0.740. The molecule has 6 heteroatoms. The monoisotopic (exact) mass is 301 g/mol. The Morgan fingerprint density at radius 2 is 1.80 bits per heavy atom. The van der Waals surface area contributed by atoms with Crippen molar-refractivity contribution in [2.45, 2.75) is 51.4 Å². The molecule has 5 nitrogen and oxygen atoms in total. The van der Waals surface area contributed by atoms with E-state index >= 15 is 0 Å². The number of hydrogen-bond donors (Lipinski definition) is 2. The number of carboxylic acids is 1. The highest BCUT2D eigenvalue weighted by Crippen LogP contribution is 2.28. The van der Waals surface area contributed by atoms with Gasteiger partial charge in [0, 0.05) is 14.6 Å². The van der Waals surface area contributed by atoms with Crippen molar-refractivity contribution in [3.8, 4) is 0 Å². The molecule has 1 rings (SSSR count). The van der Waals surface area contributed by atoms with Gasteiger partial charge in [0.25, 0.3) is 0 Å². The highest BCUT2D eigenvalue weighted by atomic mass is 28.3. The Morgan fingerprint density at radius 1 is 1.20 bits per heavy atom. The summed E-state index contributed by atoms with van der Waals surface area (Å²) in [6, 6.07) is 0.976. The van der Waals surface area contributed by atoms with Gasteiger partial charge in [0.1, 0.15) is 0 Å². The molecule has 0 unspecified atom stereocenters. The van der Waals surface area contributed by atoms with Crippen LogP contribution in [-0.2, 0) is 9.53 Å². The Kier molecular flexibility index (Phi) is 6.52. The van der Waals surface area contributed by atoms with E-state index in [2.05, 4.69) is 25.0 Å². The lowest BCUT2D eigenvalue weighted by atomic mass is 9.82. The minimum Gasteiger partial charge on any atom is -0.481 e. The first-order valence-corrected chi connectivity index (χ1v) is 11.1. The van der Waals surface area contributed by atoms with Crippen LogP contribution in [0.4, 0.5) is 4.79 Å². The van der Waals surface area contributed by atoms with Crippen molar-refractivity contribution in [3.05, 3.63) is 0 Å². The van der Waals surface area contributed by atoms with Crippen molar-refractivity contribution in [2.24, 2.45) is 11.8 Å². The first-order valence-electron chi connectivity index (χ1n) is 7.41. The van der Waals surface area contributed by atoms with E-state index in [0.29, 0.717) is 31.9 Å². The fourth-order valence-corrected chi connectivity index (χ4v) is 3.06. The molecule has 1 saturated carbocycles. The Balaban J connectivity index is 2.12. The maximum absolute atomic E-state index is 11.5. The minimum atomic E-state index is -1.16. The second-order valence-electron chi connectivity index (χ2n) is 6.88. The van der Waals surface area contributed by atoms with E-state index < -0.39 is 14.0 Å². The highest BCUT2D eigenvalue weighted by molar-refractivity contribution is 6.76. The lowest BCUT2D eigenvalue weighted by Gasteiger charge is -2.26. The van der Waals surface area contributed by atoms with E-state index in [1.165, 1.54) is 0 Å². The molecule has 1 amide bonds. The maximum atomic E-state index is 11.5. The number of carboxylic acid groups (broad SMARTS) is 1. The van der Waals surface area contributed by atoms with Crippen LogP contribution in [-0.4, -0.2) is 38.4 Å². The van der Waals surface area contributed by atoms with Crippen LogP contribution in [0.1, 0.15) is 25.7 Å². The standard InChI is InChI=1S/C14H27NO4Si/c1-20(2,3)9-8-19-14(18)15-10-11-4-6-12(7-5-11)13(16)17/h11-12H,4-10H2,1-3H3,(H,15,18)(H,16,17). The number of ether oxygens (including phenoxy) is 1. The van der Waals surface area contributed by atoms with E-state index in [1.54, 1.807) is 0 Å². The van der Waals surface area contributed by atoms with E-state index in [4.69, 9.17) is 9.84 Å². The van der Waals surface area contributed by atoms with Crippen LogP contribution in [0, 0.1) is 11.8 Å². The zero-order chi connectivity index (χ0) is 15.2. The molecule has 20 heavy (non-hydrogen) atoms. The van der Waals surface area contributed by atoms with Gasteiger partial charge < -0.3 is 15.2 Å². The predicted octanol–water partition coefficient (Wildman–Crippen LogP) is 2.94. The molecule has 0 radical (unpaired) electrons. The first kappa shape index (κ1) is 17.0. The largest absolute Gasteiger partial charge is 0.481 e. The van der Waals surface area contributed by atoms with Gasteiger partial charge in [0.05, 0.1) is 12.5 Å². The summed E-state index contributed by atoms with van der Waals surface area (Å²) < 4.78 is 5.16. The number of alkyl carbamates (subject to hydrolysis) is 1. The number of nitrogens with one attached hydrogen (secondary N) is 1. The smallest absolute Gasteiger partial charge is 0.407 e. The normalized spacial score (nSPS) is 23.1. The first-order chi connectivity index (χ1) is 9.28. The van der Waals surface area contributed by atoms with Crippen LogP contribution >= 0.6 is 0 Å². The Bertz CT molecular complexity index is 333. The lowest BCUT2D eigenvalue weighted by molar-refractivity contribution is -0.143. The molecular formula is C14H27NO4Si. The fourth-order valence-electron chi connectivity index (χ4n) is 2.34. The molecule has 0 bridgehead atoms. The topological polar surface area (TPSA) is 75.6 Å². The molecule has 0 aliphatic heterocycles. The predicted molar refractivity (Wildman–Crippen MR) is 80.6 cm³/mol. The molecule has 0 aromatic heterocycles. The van der Waals surface area contributed by atoms with E-state index in [9.17, 15) is 9.59 Å². The van der Waals surface area contributed by atoms with E-state index in [1.807, 2.05) is 0 Å². The molecule has 0 spiro atoms. The summed E-state index contributed by atoms with van der Waals surface area (Å²) in [4.78, 5) is 22.4. The molecular weight excluding hydrogens is 274 g/mol. The second-order valence-corrected chi connectivity index (χ2v) is 12.5. The van der Waals surface area contributed by atoms with Gasteiger partial charge in [-0.2, -0.15) is 0 Å². The summed E-state index contributed by atoms with van der Waals surface area (Å²) in [7, 11) is -1.16. The van der Waals surface area contributed by atoms with Crippen molar-refractivity contribution in [1.82, 2.24) is 5.32 Å². The summed E-state index contributed by atoms with van der Waals surface area (Å²) >= 11 is 0. The highest BCUT2D eigenvalue weighted by Gasteiger charge is 2.26. The summed E-state index contributed by atoms with van der Waals surface area (Å²) in [5.74, 6) is -0.507. The number of carbonyl (C=O) groups excluding carboxylic acids is 1. The van der Waals surface area contributed by atoms with Gasteiger partial charge in [-0.05, 0) is 37.6 Å². The van der Waals surface area contributed by atoms with Crippen LogP contribution in [0.5, 0.6) is 0 Å². The molecule has 2 N–H and O–H groups in total. The van der Waals surface area contributed by atoms with Gasteiger partial charge in [0.15, 0.2) is 0 Å². The van der Waals surface area contributed by atoms with E-state index in [0.717, 1.165) is 18.9 Å². The SMILES string of the molecule is C[Si](C)(C)CCOC(=O)NCC1CCC(C(=O)O)CC1. The third-order valence-corrected chi connectivity index (χ3v) is 5.52. The lowest BCUT2D eigenvalue weighted by Crippen LogP contribution is -2.33. The average Bonchev–Trinajstić information content (AvgIpc) is 2.35. The zero-order valence-electron chi connectivity index (χ0n) is 12.8. The van der Waals surface area contributed by atoms with Crippen LogP contribution in [0.2, 0.25) is 25.7 Å². The molecule has 1 aliphatic rings. The van der Waals surface area contributed by atoms with E-state index in [-0.39, 0.29) is 12.0 Å². The summed E-state index contributed by atoms with van der Waals surface area (Å²) in [5.41, 5.74) is 0. The van der Waals surface area contributed by atoms with Gasteiger partial charge in [-0.15, -0.1) is 0 Å². The number of carbonyl (C=O) groups is 2. The molecule has 1 aliphatic carbocycles. The molecule has 0 atom stereocenters. The third kappa shape index (κ3) is 6.93. The zero-order valence-corrected chi connectivity index (χ0v) is 13.8. The Morgan fingerprint density at radius 3 is 2.30 bits per heavy atom. The van der Waals surface area contributed by atoms with Crippen LogP contribution in [0.3, 0.4) is 0 Å². The summed E-state index contributed by atoms with van der Waals surface area (Å²) in [5, 5.41) is 11.7. The molecule has 0 heterocycles. The number of amides is 1. The molecule has 0 aromatic rings. The molecule has 116 valence electrons. The fraction of sp³-hybridized carbons (Fsp3) is 0.857.